The first kappa shape index (κ1) is 15.0. The van der Waals surface area contributed by atoms with Crippen LogP contribution in [0.1, 0.15) is 18.1 Å². The van der Waals surface area contributed by atoms with E-state index >= 15 is 0 Å². The molecular formula is C14H23NO3. The quantitative estimate of drug-likeness (QED) is 0.737. The van der Waals surface area contributed by atoms with Gasteiger partial charge in [0.25, 0.3) is 0 Å². The summed E-state index contributed by atoms with van der Waals surface area (Å²) in [5.74, 6) is 0.855. The molecule has 0 aromatic heterocycles. The molecule has 102 valence electrons. The zero-order chi connectivity index (χ0) is 13.4. The summed E-state index contributed by atoms with van der Waals surface area (Å²) in [5.41, 5.74) is 2.19. The molecule has 0 saturated heterocycles. The number of aryl methyl sites for hydroxylation is 1. The molecule has 0 amide bonds. The van der Waals surface area contributed by atoms with E-state index in [1.54, 1.807) is 7.11 Å². The minimum Gasteiger partial charge on any atom is -0.490 e. The Labute approximate surface area is 109 Å². The van der Waals surface area contributed by atoms with Gasteiger partial charge in [-0.25, -0.2) is 0 Å². The van der Waals surface area contributed by atoms with Gasteiger partial charge < -0.3 is 19.9 Å². The van der Waals surface area contributed by atoms with E-state index < -0.39 is 6.10 Å². The maximum absolute atomic E-state index is 9.60. The number of methoxy groups -OCH3 is 1. The van der Waals surface area contributed by atoms with Gasteiger partial charge in [0, 0.05) is 19.2 Å². The van der Waals surface area contributed by atoms with Crippen molar-refractivity contribution < 1.29 is 14.6 Å². The van der Waals surface area contributed by atoms with Gasteiger partial charge in [0.05, 0.1) is 6.61 Å². The molecule has 1 aromatic rings. The van der Waals surface area contributed by atoms with Crippen molar-refractivity contribution in [2.24, 2.45) is 0 Å². The summed E-state index contributed by atoms with van der Waals surface area (Å²) < 4.78 is 10.6. The highest BCUT2D eigenvalue weighted by Crippen LogP contribution is 2.23. The zero-order valence-electron chi connectivity index (χ0n) is 11.4. The van der Waals surface area contributed by atoms with Crippen molar-refractivity contribution in [3.05, 3.63) is 29.3 Å². The summed E-state index contributed by atoms with van der Waals surface area (Å²) >= 11 is 0. The third kappa shape index (κ3) is 4.64. The number of aliphatic hydroxyl groups is 1. The van der Waals surface area contributed by atoms with E-state index in [1.165, 1.54) is 0 Å². The van der Waals surface area contributed by atoms with Crippen LogP contribution in [0.25, 0.3) is 0 Å². The predicted molar refractivity (Wildman–Crippen MR) is 71.9 cm³/mol. The van der Waals surface area contributed by atoms with E-state index in [-0.39, 0.29) is 13.2 Å². The minimum absolute atomic E-state index is 0.248. The molecule has 2 N–H and O–H groups in total. The fraction of sp³-hybridized carbons (Fsp3) is 0.571. The number of rotatable bonds is 8. The summed E-state index contributed by atoms with van der Waals surface area (Å²) in [4.78, 5) is 0. The fourth-order valence-electron chi connectivity index (χ4n) is 1.74. The van der Waals surface area contributed by atoms with Crippen LogP contribution >= 0.6 is 0 Å². The van der Waals surface area contributed by atoms with Crippen molar-refractivity contribution in [1.82, 2.24) is 5.32 Å². The standard InChI is InChI=1S/C14H23NO3/c1-4-15-8-12-7-5-6-11(2)14(12)18-10-13(16)9-17-3/h5-7,13,15-16H,4,8-10H2,1-3H3. The Morgan fingerprint density at radius 1 is 1.33 bits per heavy atom. The molecule has 4 heteroatoms. The molecule has 1 atom stereocenters. The summed E-state index contributed by atoms with van der Waals surface area (Å²) in [6.07, 6.45) is -0.596. The van der Waals surface area contributed by atoms with Crippen molar-refractivity contribution >= 4 is 0 Å². The summed E-state index contributed by atoms with van der Waals surface area (Å²) in [6.45, 7) is 6.30. The van der Waals surface area contributed by atoms with Gasteiger partial charge in [0.1, 0.15) is 18.5 Å². The summed E-state index contributed by atoms with van der Waals surface area (Å²) in [5, 5.41) is 12.9. The maximum Gasteiger partial charge on any atom is 0.126 e. The van der Waals surface area contributed by atoms with Crippen LogP contribution in [-0.2, 0) is 11.3 Å². The monoisotopic (exact) mass is 253 g/mol. The lowest BCUT2D eigenvalue weighted by atomic mass is 10.1. The van der Waals surface area contributed by atoms with Crippen LogP contribution in [0.15, 0.2) is 18.2 Å². The Hall–Kier alpha value is -1.10. The van der Waals surface area contributed by atoms with E-state index in [0.29, 0.717) is 0 Å². The molecule has 0 aliphatic carbocycles. The SMILES string of the molecule is CCNCc1cccc(C)c1OCC(O)COC. The van der Waals surface area contributed by atoms with Crippen LogP contribution in [0.3, 0.4) is 0 Å². The van der Waals surface area contributed by atoms with Crippen LogP contribution in [0.5, 0.6) is 5.75 Å². The maximum atomic E-state index is 9.60. The number of hydrogen-bond acceptors (Lipinski definition) is 4. The fourth-order valence-corrected chi connectivity index (χ4v) is 1.74. The van der Waals surface area contributed by atoms with Gasteiger partial charge in [0.15, 0.2) is 0 Å². The van der Waals surface area contributed by atoms with E-state index in [4.69, 9.17) is 9.47 Å². The van der Waals surface area contributed by atoms with Crippen molar-refractivity contribution in [2.45, 2.75) is 26.5 Å². The molecule has 0 aliphatic rings. The first-order valence-electron chi connectivity index (χ1n) is 6.28. The predicted octanol–water partition coefficient (Wildman–Crippen LogP) is 1.49. The molecule has 18 heavy (non-hydrogen) atoms. The number of nitrogens with one attached hydrogen (secondary N) is 1. The smallest absolute Gasteiger partial charge is 0.126 e. The largest absolute Gasteiger partial charge is 0.490 e. The lowest BCUT2D eigenvalue weighted by molar-refractivity contribution is 0.0321. The highest BCUT2D eigenvalue weighted by Gasteiger charge is 2.10. The second kappa shape index (κ2) is 8.08. The second-order valence-corrected chi connectivity index (χ2v) is 4.26. The molecule has 0 saturated carbocycles. The lowest BCUT2D eigenvalue weighted by Gasteiger charge is -2.16. The lowest BCUT2D eigenvalue weighted by Crippen LogP contribution is -2.23. The van der Waals surface area contributed by atoms with Gasteiger partial charge in [0.2, 0.25) is 0 Å². The molecule has 0 fully saturated rings. The molecular weight excluding hydrogens is 230 g/mol. The summed E-state index contributed by atoms with van der Waals surface area (Å²) in [6, 6.07) is 6.06. The van der Waals surface area contributed by atoms with E-state index in [0.717, 1.165) is 30.0 Å². The van der Waals surface area contributed by atoms with E-state index in [1.807, 2.05) is 25.1 Å². The van der Waals surface area contributed by atoms with Crippen molar-refractivity contribution in [1.29, 1.82) is 0 Å². The molecule has 4 nitrogen and oxygen atoms in total. The van der Waals surface area contributed by atoms with Crippen LogP contribution in [0.4, 0.5) is 0 Å². The third-order valence-electron chi connectivity index (χ3n) is 2.64. The Balaban J connectivity index is 2.66. The number of benzene rings is 1. The van der Waals surface area contributed by atoms with Gasteiger partial charge in [-0.2, -0.15) is 0 Å². The van der Waals surface area contributed by atoms with Crippen molar-refractivity contribution in [3.63, 3.8) is 0 Å². The molecule has 1 aromatic carbocycles. The second-order valence-electron chi connectivity index (χ2n) is 4.26. The molecule has 1 unspecified atom stereocenters. The van der Waals surface area contributed by atoms with E-state index in [2.05, 4.69) is 12.2 Å². The molecule has 0 bridgehead atoms. The first-order chi connectivity index (χ1) is 8.69. The van der Waals surface area contributed by atoms with Crippen molar-refractivity contribution in [2.75, 3.05) is 26.9 Å². The average molecular weight is 253 g/mol. The van der Waals surface area contributed by atoms with Crippen molar-refractivity contribution in [3.8, 4) is 5.75 Å². The molecule has 0 aliphatic heterocycles. The van der Waals surface area contributed by atoms with Crippen LogP contribution in [-0.4, -0.2) is 38.1 Å². The minimum atomic E-state index is -0.596. The number of ether oxygens (including phenoxy) is 2. The highest BCUT2D eigenvalue weighted by atomic mass is 16.5. The number of para-hydroxylation sites is 1. The van der Waals surface area contributed by atoms with E-state index in [9.17, 15) is 5.11 Å². The number of hydrogen-bond donors (Lipinski definition) is 2. The molecule has 1 rings (SSSR count). The summed E-state index contributed by atoms with van der Waals surface area (Å²) in [7, 11) is 1.56. The Morgan fingerprint density at radius 3 is 2.78 bits per heavy atom. The van der Waals surface area contributed by atoms with Crippen LogP contribution in [0, 0.1) is 6.92 Å². The molecule has 0 radical (unpaired) electrons. The van der Waals surface area contributed by atoms with Gasteiger partial charge in [-0.15, -0.1) is 0 Å². The van der Waals surface area contributed by atoms with Gasteiger partial charge in [-0.1, -0.05) is 25.1 Å². The highest BCUT2D eigenvalue weighted by molar-refractivity contribution is 5.40. The molecule has 0 heterocycles. The third-order valence-corrected chi connectivity index (χ3v) is 2.64. The topological polar surface area (TPSA) is 50.7 Å². The Kier molecular flexibility index (Phi) is 6.72. The van der Waals surface area contributed by atoms with Gasteiger partial charge >= 0.3 is 0 Å². The van der Waals surface area contributed by atoms with Crippen LogP contribution in [0.2, 0.25) is 0 Å². The van der Waals surface area contributed by atoms with Gasteiger partial charge in [-0.3, -0.25) is 0 Å². The Bertz CT molecular complexity index is 355. The number of aliphatic hydroxyl groups excluding tert-OH is 1. The van der Waals surface area contributed by atoms with Crippen LogP contribution < -0.4 is 10.1 Å². The molecule has 0 spiro atoms. The first-order valence-corrected chi connectivity index (χ1v) is 6.28. The average Bonchev–Trinajstić information content (AvgIpc) is 2.35. The normalized spacial score (nSPS) is 12.4. The zero-order valence-corrected chi connectivity index (χ0v) is 11.4. The van der Waals surface area contributed by atoms with Gasteiger partial charge in [-0.05, 0) is 19.0 Å². The Morgan fingerprint density at radius 2 is 2.11 bits per heavy atom.